The number of benzene rings is 1. The van der Waals surface area contributed by atoms with Crippen LogP contribution in [0.5, 0.6) is 11.5 Å². The van der Waals surface area contributed by atoms with Gasteiger partial charge in [-0.1, -0.05) is 12.5 Å². The molecule has 21 heavy (non-hydrogen) atoms. The first-order chi connectivity index (χ1) is 10.2. The number of aromatic hydroxyl groups is 1. The first kappa shape index (κ1) is 14.7. The Balaban J connectivity index is 1.71. The zero-order chi connectivity index (χ0) is 14.8. The molecule has 2 unspecified atom stereocenters. The van der Waals surface area contributed by atoms with Crippen LogP contribution in [0.1, 0.15) is 37.8 Å². The Hall–Kier alpha value is -1.26. The summed E-state index contributed by atoms with van der Waals surface area (Å²) in [5, 5.41) is 9.74. The van der Waals surface area contributed by atoms with Crippen molar-refractivity contribution >= 4 is 0 Å². The monoisotopic (exact) mass is 290 g/mol. The van der Waals surface area contributed by atoms with Crippen molar-refractivity contribution in [3.05, 3.63) is 23.8 Å². The summed E-state index contributed by atoms with van der Waals surface area (Å²) in [6.07, 6.45) is 4.07. The summed E-state index contributed by atoms with van der Waals surface area (Å²) in [5.74, 6) is 0.779. The molecule has 0 bridgehead atoms. The van der Waals surface area contributed by atoms with Crippen molar-refractivity contribution < 1.29 is 9.84 Å². The fourth-order valence-electron chi connectivity index (χ4n) is 3.70. The van der Waals surface area contributed by atoms with E-state index in [2.05, 4.69) is 16.7 Å². The molecule has 4 heteroatoms. The highest BCUT2D eigenvalue weighted by Crippen LogP contribution is 2.32. The van der Waals surface area contributed by atoms with Gasteiger partial charge in [0.1, 0.15) is 0 Å². The van der Waals surface area contributed by atoms with Crippen molar-refractivity contribution in [2.24, 2.45) is 0 Å². The highest BCUT2D eigenvalue weighted by molar-refractivity contribution is 5.42. The Kier molecular flexibility index (Phi) is 4.36. The van der Waals surface area contributed by atoms with Gasteiger partial charge in [-0.2, -0.15) is 0 Å². The van der Waals surface area contributed by atoms with E-state index in [-0.39, 0.29) is 5.75 Å². The van der Waals surface area contributed by atoms with E-state index >= 15 is 0 Å². The summed E-state index contributed by atoms with van der Waals surface area (Å²) in [6, 6.07) is 6.81. The van der Waals surface area contributed by atoms with Crippen LogP contribution in [0.2, 0.25) is 0 Å². The van der Waals surface area contributed by atoms with Crippen molar-refractivity contribution in [3.63, 3.8) is 0 Å². The average Bonchev–Trinajstić information content (AvgIpc) is 2.54. The van der Waals surface area contributed by atoms with Crippen LogP contribution in [-0.2, 0) is 0 Å². The average molecular weight is 290 g/mol. The number of piperazine rings is 1. The number of rotatable bonds is 3. The summed E-state index contributed by atoms with van der Waals surface area (Å²) in [5.41, 5.74) is 1.22. The van der Waals surface area contributed by atoms with Crippen LogP contribution in [0, 0.1) is 0 Å². The third-order valence-electron chi connectivity index (χ3n) is 5.10. The van der Waals surface area contributed by atoms with Crippen LogP contribution in [-0.4, -0.2) is 54.2 Å². The highest BCUT2D eigenvalue weighted by atomic mass is 16.5. The Labute approximate surface area is 127 Å². The maximum Gasteiger partial charge on any atom is 0.160 e. The van der Waals surface area contributed by atoms with Gasteiger partial charge in [-0.05, 0) is 44.0 Å². The molecule has 116 valence electrons. The lowest BCUT2D eigenvalue weighted by Gasteiger charge is -2.46. The minimum absolute atomic E-state index is 0.213. The molecule has 0 amide bonds. The van der Waals surface area contributed by atoms with Crippen molar-refractivity contribution in [3.8, 4) is 11.5 Å². The van der Waals surface area contributed by atoms with Crippen molar-refractivity contribution in [1.82, 2.24) is 9.80 Å². The molecule has 0 spiro atoms. The second-order valence-corrected chi connectivity index (χ2v) is 6.29. The zero-order valence-electron chi connectivity index (χ0n) is 13.1. The standard InChI is InChI=1S/C17H26N2O2/c1-13(14-6-7-16(20)17(11-14)21-2)19-10-9-18-8-4-3-5-15(18)12-19/h6-7,11,13,15,20H,3-5,8-10,12H2,1-2H3. The third kappa shape index (κ3) is 3.01. The maximum atomic E-state index is 9.74. The third-order valence-corrected chi connectivity index (χ3v) is 5.10. The number of hydrogen-bond acceptors (Lipinski definition) is 4. The molecule has 0 aliphatic carbocycles. The largest absolute Gasteiger partial charge is 0.504 e. The summed E-state index contributed by atoms with van der Waals surface area (Å²) in [4.78, 5) is 5.22. The predicted molar refractivity (Wildman–Crippen MR) is 83.9 cm³/mol. The minimum Gasteiger partial charge on any atom is -0.504 e. The Bertz CT molecular complexity index is 492. The molecule has 2 saturated heterocycles. The number of hydrogen-bond donors (Lipinski definition) is 1. The smallest absolute Gasteiger partial charge is 0.160 e. The molecule has 4 nitrogen and oxygen atoms in total. The fraction of sp³-hybridized carbons (Fsp3) is 0.647. The van der Waals surface area contributed by atoms with E-state index in [1.165, 1.54) is 37.9 Å². The van der Waals surface area contributed by atoms with Crippen LogP contribution >= 0.6 is 0 Å². The zero-order valence-corrected chi connectivity index (χ0v) is 13.1. The van der Waals surface area contributed by atoms with E-state index in [4.69, 9.17) is 4.74 Å². The molecule has 2 atom stereocenters. The Morgan fingerprint density at radius 3 is 2.90 bits per heavy atom. The molecule has 1 N–H and O–H groups in total. The summed E-state index contributed by atoms with van der Waals surface area (Å²) < 4.78 is 5.23. The molecule has 2 aliphatic heterocycles. The lowest BCUT2D eigenvalue weighted by molar-refractivity contribution is 0.0307. The summed E-state index contributed by atoms with van der Waals surface area (Å²) >= 11 is 0. The van der Waals surface area contributed by atoms with Gasteiger partial charge < -0.3 is 9.84 Å². The Morgan fingerprint density at radius 1 is 1.24 bits per heavy atom. The number of ether oxygens (including phenoxy) is 1. The molecular weight excluding hydrogens is 264 g/mol. The predicted octanol–water partition coefficient (Wildman–Crippen LogP) is 2.63. The number of piperidine rings is 1. The van der Waals surface area contributed by atoms with Gasteiger partial charge >= 0.3 is 0 Å². The van der Waals surface area contributed by atoms with Gasteiger partial charge in [-0.25, -0.2) is 0 Å². The first-order valence-electron chi connectivity index (χ1n) is 8.04. The molecule has 1 aromatic rings. The normalized spacial score (nSPS) is 25.3. The van der Waals surface area contributed by atoms with E-state index < -0.39 is 0 Å². The highest BCUT2D eigenvalue weighted by Gasteiger charge is 2.31. The van der Waals surface area contributed by atoms with Gasteiger partial charge in [0.15, 0.2) is 11.5 Å². The van der Waals surface area contributed by atoms with E-state index in [1.54, 1.807) is 13.2 Å². The molecule has 2 aliphatic rings. The molecule has 0 radical (unpaired) electrons. The molecule has 2 heterocycles. The van der Waals surface area contributed by atoms with Gasteiger partial charge in [0.25, 0.3) is 0 Å². The van der Waals surface area contributed by atoms with E-state index in [9.17, 15) is 5.11 Å². The van der Waals surface area contributed by atoms with E-state index in [0.29, 0.717) is 11.8 Å². The van der Waals surface area contributed by atoms with Crippen molar-refractivity contribution in [2.45, 2.75) is 38.3 Å². The molecule has 3 rings (SSSR count). The van der Waals surface area contributed by atoms with Crippen LogP contribution in [0.4, 0.5) is 0 Å². The quantitative estimate of drug-likeness (QED) is 0.928. The van der Waals surface area contributed by atoms with Gasteiger partial charge in [0, 0.05) is 31.7 Å². The van der Waals surface area contributed by atoms with Crippen LogP contribution in [0.15, 0.2) is 18.2 Å². The molecule has 0 saturated carbocycles. The van der Waals surface area contributed by atoms with Gasteiger partial charge in [0.2, 0.25) is 0 Å². The second kappa shape index (κ2) is 6.24. The second-order valence-electron chi connectivity index (χ2n) is 6.29. The van der Waals surface area contributed by atoms with Crippen molar-refractivity contribution in [1.29, 1.82) is 0 Å². The van der Waals surface area contributed by atoms with Crippen molar-refractivity contribution in [2.75, 3.05) is 33.3 Å². The number of nitrogens with zero attached hydrogens (tertiary/aromatic N) is 2. The lowest BCUT2D eigenvalue weighted by Crippen LogP contribution is -2.55. The molecule has 1 aromatic carbocycles. The van der Waals surface area contributed by atoms with Gasteiger partial charge in [-0.15, -0.1) is 0 Å². The van der Waals surface area contributed by atoms with Gasteiger partial charge in [0.05, 0.1) is 7.11 Å². The van der Waals surface area contributed by atoms with E-state index in [0.717, 1.165) is 19.1 Å². The van der Waals surface area contributed by atoms with Crippen LogP contribution in [0.3, 0.4) is 0 Å². The summed E-state index contributed by atoms with van der Waals surface area (Å²) in [6.45, 7) is 7.00. The van der Waals surface area contributed by atoms with Crippen LogP contribution in [0.25, 0.3) is 0 Å². The minimum atomic E-state index is 0.213. The molecule has 0 aromatic heterocycles. The lowest BCUT2D eigenvalue weighted by atomic mass is 9.97. The van der Waals surface area contributed by atoms with Gasteiger partial charge in [-0.3, -0.25) is 9.80 Å². The maximum absolute atomic E-state index is 9.74. The number of phenols is 1. The fourth-order valence-corrected chi connectivity index (χ4v) is 3.70. The number of phenolic OH excluding ortho intramolecular Hbond substituents is 1. The molecular formula is C17H26N2O2. The van der Waals surface area contributed by atoms with Crippen LogP contribution < -0.4 is 4.74 Å². The number of methoxy groups -OCH3 is 1. The Morgan fingerprint density at radius 2 is 2.10 bits per heavy atom. The number of fused-ring (bicyclic) bond motifs is 1. The van der Waals surface area contributed by atoms with E-state index in [1.807, 2.05) is 12.1 Å². The topological polar surface area (TPSA) is 35.9 Å². The molecule has 2 fully saturated rings. The summed E-state index contributed by atoms with van der Waals surface area (Å²) in [7, 11) is 1.60. The SMILES string of the molecule is COc1cc(C(C)N2CCN3CCCCC3C2)ccc1O. The first-order valence-corrected chi connectivity index (χ1v) is 8.04.